The molecule has 0 bridgehead atoms. The highest BCUT2D eigenvalue weighted by molar-refractivity contribution is 9.11. The van der Waals surface area contributed by atoms with Gasteiger partial charge in [-0.05, 0) is 36.7 Å². The topological polar surface area (TPSA) is 38.9 Å². The Morgan fingerprint density at radius 1 is 1.55 bits per heavy atom. The van der Waals surface area contributed by atoms with Gasteiger partial charge in [-0.15, -0.1) is 11.3 Å². The fourth-order valence-electron chi connectivity index (χ4n) is 0.653. The number of aromatic nitrogens is 1. The molecule has 2 nitrogen and oxygen atoms in total. The number of aryl methyl sites for hydroxylation is 1. The van der Waals surface area contributed by atoms with E-state index in [1.165, 1.54) is 0 Å². The van der Waals surface area contributed by atoms with Gasteiger partial charge in [0.1, 0.15) is 5.01 Å². The van der Waals surface area contributed by atoms with Crippen LogP contribution in [0.5, 0.6) is 0 Å². The third-order valence-electron chi connectivity index (χ3n) is 1.29. The molecule has 1 aromatic heterocycles. The Labute approximate surface area is 79.0 Å². The minimum atomic E-state index is -0.318. The van der Waals surface area contributed by atoms with Gasteiger partial charge in [-0.2, -0.15) is 0 Å². The van der Waals surface area contributed by atoms with E-state index in [-0.39, 0.29) is 5.54 Å². The van der Waals surface area contributed by atoms with Crippen molar-refractivity contribution in [2.75, 3.05) is 0 Å². The maximum absolute atomic E-state index is 5.87. The van der Waals surface area contributed by atoms with Gasteiger partial charge in [0.25, 0.3) is 0 Å². The lowest BCUT2D eigenvalue weighted by molar-refractivity contribution is 0.549. The van der Waals surface area contributed by atoms with Crippen LogP contribution in [0, 0.1) is 6.92 Å². The fourth-order valence-corrected chi connectivity index (χ4v) is 2.01. The Morgan fingerprint density at radius 2 is 2.09 bits per heavy atom. The monoisotopic (exact) mass is 234 g/mol. The quantitative estimate of drug-likeness (QED) is 0.811. The lowest BCUT2D eigenvalue weighted by atomic mass is 10.1. The van der Waals surface area contributed by atoms with E-state index in [9.17, 15) is 0 Å². The molecule has 0 fully saturated rings. The first kappa shape index (κ1) is 9.16. The highest BCUT2D eigenvalue weighted by atomic mass is 79.9. The van der Waals surface area contributed by atoms with Crippen molar-refractivity contribution in [1.82, 2.24) is 4.98 Å². The van der Waals surface area contributed by atoms with E-state index in [2.05, 4.69) is 20.9 Å². The molecule has 2 N–H and O–H groups in total. The largest absolute Gasteiger partial charge is 0.320 e. The average molecular weight is 235 g/mol. The van der Waals surface area contributed by atoms with Crippen molar-refractivity contribution in [3.63, 3.8) is 0 Å². The maximum Gasteiger partial charge on any atom is 0.113 e. The summed E-state index contributed by atoms with van der Waals surface area (Å²) in [6.45, 7) is 5.88. The summed E-state index contributed by atoms with van der Waals surface area (Å²) in [6.07, 6.45) is 0. The molecule has 0 aromatic carbocycles. The van der Waals surface area contributed by atoms with Crippen LogP contribution >= 0.6 is 27.3 Å². The summed E-state index contributed by atoms with van der Waals surface area (Å²) in [5.74, 6) is 0. The van der Waals surface area contributed by atoms with Crippen LogP contribution in [0.25, 0.3) is 0 Å². The molecule has 4 heteroatoms. The standard InChI is InChI=1S/C7H11BrN2S/c1-4-5(8)11-6(10-4)7(2,3)9/h9H2,1-3H3. The molecule has 0 amide bonds. The van der Waals surface area contributed by atoms with Gasteiger partial charge in [0.05, 0.1) is 15.0 Å². The van der Waals surface area contributed by atoms with Crippen molar-refractivity contribution in [3.05, 3.63) is 14.5 Å². The zero-order valence-electron chi connectivity index (χ0n) is 6.81. The Bertz CT molecular complexity index is 242. The van der Waals surface area contributed by atoms with Gasteiger partial charge >= 0.3 is 0 Å². The Hall–Kier alpha value is 0.0700. The van der Waals surface area contributed by atoms with Gasteiger partial charge in [0.15, 0.2) is 0 Å². The Balaban J connectivity index is 3.08. The van der Waals surface area contributed by atoms with Crippen LogP contribution in [-0.2, 0) is 5.54 Å². The highest BCUT2D eigenvalue weighted by Crippen LogP contribution is 2.29. The molecule has 0 aliphatic rings. The SMILES string of the molecule is Cc1nc(C(C)(C)N)sc1Br. The predicted molar refractivity (Wildman–Crippen MR) is 51.8 cm³/mol. The third kappa shape index (κ3) is 2.01. The maximum atomic E-state index is 5.87. The molecule has 1 rings (SSSR count). The number of nitrogens with two attached hydrogens (primary N) is 1. The lowest BCUT2D eigenvalue weighted by Crippen LogP contribution is -2.28. The molecule has 62 valence electrons. The minimum Gasteiger partial charge on any atom is -0.320 e. The van der Waals surface area contributed by atoms with E-state index >= 15 is 0 Å². The molecular formula is C7H11BrN2S. The van der Waals surface area contributed by atoms with E-state index in [1.54, 1.807) is 11.3 Å². The van der Waals surface area contributed by atoms with Crippen LogP contribution in [0.1, 0.15) is 24.5 Å². The molecule has 0 saturated carbocycles. The number of rotatable bonds is 1. The van der Waals surface area contributed by atoms with Gasteiger partial charge < -0.3 is 5.73 Å². The first-order valence-corrected chi connectivity index (χ1v) is 4.94. The van der Waals surface area contributed by atoms with Gasteiger partial charge in [-0.3, -0.25) is 0 Å². The van der Waals surface area contributed by atoms with Crippen LogP contribution in [-0.4, -0.2) is 4.98 Å². The number of halogens is 1. The molecular weight excluding hydrogens is 224 g/mol. The summed E-state index contributed by atoms with van der Waals surface area (Å²) in [7, 11) is 0. The number of hydrogen-bond donors (Lipinski definition) is 1. The average Bonchev–Trinajstić information content (AvgIpc) is 2.11. The van der Waals surface area contributed by atoms with Crippen molar-refractivity contribution in [1.29, 1.82) is 0 Å². The van der Waals surface area contributed by atoms with Crippen molar-refractivity contribution >= 4 is 27.3 Å². The van der Waals surface area contributed by atoms with Crippen molar-refractivity contribution < 1.29 is 0 Å². The van der Waals surface area contributed by atoms with Crippen LogP contribution in [0.15, 0.2) is 3.79 Å². The second kappa shape index (κ2) is 2.84. The van der Waals surface area contributed by atoms with Gasteiger partial charge in [-0.1, -0.05) is 0 Å². The van der Waals surface area contributed by atoms with E-state index in [4.69, 9.17) is 5.73 Å². The van der Waals surface area contributed by atoms with E-state index < -0.39 is 0 Å². The first-order chi connectivity index (χ1) is 4.91. The highest BCUT2D eigenvalue weighted by Gasteiger charge is 2.19. The second-order valence-corrected chi connectivity index (χ2v) is 5.42. The second-order valence-electron chi connectivity index (χ2n) is 3.10. The van der Waals surface area contributed by atoms with Crippen molar-refractivity contribution in [2.24, 2.45) is 5.73 Å². The van der Waals surface area contributed by atoms with Crippen LogP contribution in [0.2, 0.25) is 0 Å². The lowest BCUT2D eigenvalue weighted by Gasteiger charge is -2.13. The summed E-state index contributed by atoms with van der Waals surface area (Å²) in [5.41, 5.74) is 6.57. The molecule has 11 heavy (non-hydrogen) atoms. The van der Waals surface area contributed by atoms with Crippen LogP contribution in [0.3, 0.4) is 0 Å². The molecule has 0 saturated heterocycles. The molecule has 0 spiro atoms. The molecule has 1 heterocycles. The van der Waals surface area contributed by atoms with Crippen LogP contribution in [0.4, 0.5) is 0 Å². The molecule has 0 aliphatic carbocycles. The summed E-state index contributed by atoms with van der Waals surface area (Å²) in [6, 6.07) is 0. The first-order valence-electron chi connectivity index (χ1n) is 3.33. The summed E-state index contributed by atoms with van der Waals surface area (Å²) in [4.78, 5) is 4.33. The zero-order valence-corrected chi connectivity index (χ0v) is 9.21. The Kier molecular flexibility index (Phi) is 2.37. The predicted octanol–water partition coefficient (Wildman–Crippen LogP) is 2.41. The molecule has 0 radical (unpaired) electrons. The molecule has 0 unspecified atom stereocenters. The van der Waals surface area contributed by atoms with E-state index in [0.717, 1.165) is 14.5 Å². The Morgan fingerprint density at radius 3 is 2.27 bits per heavy atom. The van der Waals surface area contributed by atoms with Gasteiger partial charge in [-0.25, -0.2) is 4.98 Å². The number of thiazole rings is 1. The van der Waals surface area contributed by atoms with Crippen molar-refractivity contribution in [2.45, 2.75) is 26.3 Å². The summed E-state index contributed by atoms with van der Waals surface area (Å²) in [5, 5.41) is 0.974. The van der Waals surface area contributed by atoms with Crippen LogP contribution < -0.4 is 5.73 Å². The smallest absolute Gasteiger partial charge is 0.113 e. The summed E-state index contributed by atoms with van der Waals surface area (Å²) >= 11 is 5.01. The van der Waals surface area contributed by atoms with Gasteiger partial charge in [0, 0.05) is 0 Å². The zero-order chi connectivity index (χ0) is 8.65. The fraction of sp³-hybridized carbons (Fsp3) is 0.571. The number of hydrogen-bond acceptors (Lipinski definition) is 3. The normalized spacial score (nSPS) is 12.1. The van der Waals surface area contributed by atoms with E-state index in [0.29, 0.717) is 0 Å². The van der Waals surface area contributed by atoms with Gasteiger partial charge in [0.2, 0.25) is 0 Å². The minimum absolute atomic E-state index is 0.318. The van der Waals surface area contributed by atoms with Crippen molar-refractivity contribution in [3.8, 4) is 0 Å². The summed E-state index contributed by atoms with van der Waals surface area (Å²) < 4.78 is 1.08. The number of nitrogens with zero attached hydrogens (tertiary/aromatic N) is 1. The molecule has 0 atom stereocenters. The molecule has 1 aromatic rings. The third-order valence-corrected chi connectivity index (χ3v) is 3.64. The molecule has 0 aliphatic heterocycles. The van der Waals surface area contributed by atoms with E-state index in [1.807, 2.05) is 20.8 Å².